The fourth-order valence-corrected chi connectivity index (χ4v) is 3.97. The second-order valence-corrected chi connectivity index (χ2v) is 7.64. The molecule has 8 heteroatoms. The Bertz CT molecular complexity index is 859. The summed E-state index contributed by atoms with van der Waals surface area (Å²) < 4.78 is 2.27. The Balaban J connectivity index is 1.77. The van der Waals surface area contributed by atoms with Crippen LogP contribution in [0.2, 0.25) is 4.34 Å². The van der Waals surface area contributed by atoms with E-state index in [9.17, 15) is 4.79 Å². The number of ketones is 1. The lowest BCUT2D eigenvalue weighted by Crippen LogP contribution is -2.04. The molecular weight excluding hydrogens is 352 g/mol. The SMILES string of the molecule is Cc1ccc(-n2nnnc2SCC(=O)c2ccc(Cl)s2)c(C)c1. The normalized spacial score (nSPS) is 10.9. The van der Waals surface area contributed by atoms with Crippen molar-refractivity contribution >= 4 is 40.5 Å². The van der Waals surface area contributed by atoms with Crippen LogP contribution in [0.25, 0.3) is 5.69 Å². The Hall–Kier alpha value is -1.70. The third-order valence-corrected chi connectivity index (χ3v) is 5.39. The largest absolute Gasteiger partial charge is 0.292 e. The van der Waals surface area contributed by atoms with E-state index in [1.807, 2.05) is 26.0 Å². The van der Waals surface area contributed by atoms with Crippen LogP contribution in [-0.2, 0) is 0 Å². The van der Waals surface area contributed by atoms with Crippen LogP contribution < -0.4 is 0 Å². The van der Waals surface area contributed by atoms with Crippen LogP contribution in [0.3, 0.4) is 0 Å². The molecule has 0 saturated heterocycles. The molecule has 0 aliphatic carbocycles. The monoisotopic (exact) mass is 364 g/mol. The van der Waals surface area contributed by atoms with Gasteiger partial charge in [-0.25, -0.2) is 0 Å². The first-order valence-corrected chi connectivity index (χ1v) is 9.00. The molecule has 5 nitrogen and oxygen atoms in total. The molecule has 2 heterocycles. The maximum absolute atomic E-state index is 12.2. The molecule has 0 saturated carbocycles. The van der Waals surface area contributed by atoms with E-state index in [1.165, 1.54) is 28.7 Å². The van der Waals surface area contributed by atoms with Crippen LogP contribution in [0.5, 0.6) is 0 Å². The van der Waals surface area contributed by atoms with Crippen LogP contribution in [-0.4, -0.2) is 31.7 Å². The highest BCUT2D eigenvalue weighted by molar-refractivity contribution is 7.99. The van der Waals surface area contributed by atoms with E-state index in [4.69, 9.17) is 11.6 Å². The van der Waals surface area contributed by atoms with Gasteiger partial charge in [0.25, 0.3) is 0 Å². The summed E-state index contributed by atoms with van der Waals surface area (Å²) in [4.78, 5) is 12.8. The molecule has 3 rings (SSSR count). The number of hydrogen-bond acceptors (Lipinski definition) is 6. The summed E-state index contributed by atoms with van der Waals surface area (Å²) in [5.41, 5.74) is 3.17. The van der Waals surface area contributed by atoms with Gasteiger partial charge in [-0.2, -0.15) is 4.68 Å². The van der Waals surface area contributed by atoms with Crippen LogP contribution in [0.15, 0.2) is 35.5 Å². The summed E-state index contributed by atoms with van der Waals surface area (Å²) in [5.74, 6) is 0.282. The molecular formula is C15H13ClN4OS2. The molecule has 0 aliphatic heterocycles. The molecule has 0 spiro atoms. The summed E-state index contributed by atoms with van der Waals surface area (Å²) in [6.07, 6.45) is 0. The molecule has 0 fully saturated rings. The predicted molar refractivity (Wildman–Crippen MR) is 93.0 cm³/mol. The van der Waals surface area contributed by atoms with Crippen LogP contribution in [0, 0.1) is 13.8 Å². The summed E-state index contributed by atoms with van der Waals surface area (Å²) >= 11 is 8.46. The van der Waals surface area contributed by atoms with Crippen molar-refractivity contribution in [3.63, 3.8) is 0 Å². The third-order valence-electron chi connectivity index (χ3n) is 3.20. The molecule has 0 amide bonds. The van der Waals surface area contributed by atoms with Gasteiger partial charge in [0.05, 0.1) is 20.7 Å². The van der Waals surface area contributed by atoms with Crippen LogP contribution >= 0.6 is 34.7 Å². The fourth-order valence-electron chi connectivity index (χ4n) is 2.13. The maximum atomic E-state index is 12.2. The number of rotatable bonds is 5. The smallest absolute Gasteiger partial charge is 0.214 e. The lowest BCUT2D eigenvalue weighted by molar-refractivity contribution is 0.102. The zero-order valence-electron chi connectivity index (χ0n) is 12.5. The zero-order valence-corrected chi connectivity index (χ0v) is 14.9. The topological polar surface area (TPSA) is 60.7 Å². The van der Waals surface area contributed by atoms with Gasteiger partial charge in [0, 0.05) is 0 Å². The van der Waals surface area contributed by atoms with E-state index in [2.05, 4.69) is 21.6 Å². The highest BCUT2D eigenvalue weighted by Crippen LogP contribution is 2.25. The first-order valence-electron chi connectivity index (χ1n) is 6.82. The Morgan fingerprint density at radius 2 is 2.13 bits per heavy atom. The molecule has 23 heavy (non-hydrogen) atoms. The van der Waals surface area contributed by atoms with E-state index in [1.54, 1.807) is 16.8 Å². The van der Waals surface area contributed by atoms with Crippen molar-refractivity contribution in [3.05, 3.63) is 50.7 Å². The number of hydrogen-bond donors (Lipinski definition) is 0. The Morgan fingerprint density at radius 3 is 2.83 bits per heavy atom. The lowest BCUT2D eigenvalue weighted by Gasteiger charge is -2.07. The van der Waals surface area contributed by atoms with E-state index < -0.39 is 0 Å². The van der Waals surface area contributed by atoms with Crippen molar-refractivity contribution in [1.82, 2.24) is 20.2 Å². The van der Waals surface area contributed by atoms with Gasteiger partial charge in [0.2, 0.25) is 5.16 Å². The molecule has 0 radical (unpaired) electrons. The molecule has 0 unspecified atom stereocenters. The van der Waals surface area contributed by atoms with Gasteiger partial charge in [-0.15, -0.1) is 16.4 Å². The highest BCUT2D eigenvalue weighted by atomic mass is 35.5. The lowest BCUT2D eigenvalue weighted by atomic mass is 10.1. The average Bonchev–Trinajstić information content (AvgIpc) is 3.14. The zero-order chi connectivity index (χ0) is 16.4. The molecule has 118 valence electrons. The minimum absolute atomic E-state index is 0.0158. The first-order chi connectivity index (χ1) is 11.0. The summed E-state index contributed by atoms with van der Waals surface area (Å²) in [7, 11) is 0. The first kappa shape index (κ1) is 16.2. The van der Waals surface area contributed by atoms with Gasteiger partial charge in [0.1, 0.15) is 0 Å². The molecule has 0 aliphatic rings. The number of thioether (sulfide) groups is 1. The quantitative estimate of drug-likeness (QED) is 0.506. The van der Waals surface area contributed by atoms with Crippen molar-refractivity contribution in [2.45, 2.75) is 19.0 Å². The molecule has 0 N–H and O–H groups in total. The van der Waals surface area contributed by atoms with Crippen molar-refractivity contribution in [3.8, 4) is 5.69 Å². The minimum atomic E-state index is 0.0158. The second kappa shape index (κ2) is 6.82. The van der Waals surface area contributed by atoms with E-state index in [0.29, 0.717) is 14.4 Å². The maximum Gasteiger partial charge on any atom is 0.214 e. The summed E-state index contributed by atoms with van der Waals surface area (Å²) in [6.45, 7) is 4.05. The average molecular weight is 365 g/mol. The Morgan fingerprint density at radius 1 is 1.30 bits per heavy atom. The summed E-state index contributed by atoms with van der Waals surface area (Å²) in [5, 5.41) is 12.4. The van der Waals surface area contributed by atoms with Gasteiger partial charge < -0.3 is 0 Å². The molecule has 2 aromatic heterocycles. The van der Waals surface area contributed by atoms with Gasteiger partial charge in [-0.3, -0.25) is 4.79 Å². The highest BCUT2D eigenvalue weighted by Gasteiger charge is 2.15. The number of tetrazole rings is 1. The number of benzene rings is 1. The van der Waals surface area contributed by atoms with Crippen molar-refractivity contribution in [2.75, 3.05) is 5.75 Å². The molecule has 0 atom stereocenters. The molecule has 1 aromatic carbocycles. The van der Waals surface area contributed by atoms with Crippen molar-refractivity contribution < 1.29 is 4.79 Å². The molecule has 0 bridgehead atoms. The standard InChI is InChI=1S/C15H13ClN4OS2/c1-9-3-4-11(10(2)7-9)20-15(17-18-19-20)22-8-12(21)13-5-6-14(16)23-13/h3-7H,8H2,1-2H3. The Labute approximate surface area is 146 Å². The predicted octanol–water partition coefficient (Wildman–Crippen LogP) is 3.97. The number of carbonyl (C=O) groups is 1. The van der Waals surface area contributed by atoms with Crippen LogP contribution in [0.1, 0.15) is 20.8 Å². The molecule has 3 aromatic rings. The van der Waals surface area contributed by atoms with Gasteiger partial charge >= 0.3 is 0 Å². The van der Waals surface area contributed by atoms with Gasteiger partial charge in [0.15, 0.2) is 5.78 Å². The van der Waals surface area contributed by atoms with Crippen molar-refractivity contribution in [1.29, 1.82) is 0 Å². The van der Waals surface area contributed by atoms with Crippen molar-refractivity contribution in [2.24, 2.45) is 0 Å². The number of aromatic nitrogens is 4. The number of Topliss-reactive ketones (excluding diaryl/α,β-unsaturated/α-hetero) is 1. The number of thiophene rings is 1. The van der Waals surface area contributed by atoms with Gasteiger partial charge in [-0.1, -0.05) is 41.1 Å². The number of carbonyl (C=O) groups excluding carboxylic acids is 1. The summed E-state index contributed by atoms with van der Waals surface area (Å²) in [6, 6.07) is 9.53. The van der Waals surface area contributed by atoms with E-state index >= 15 is 0 Å². The minimum Gasteiger partial charge on any atom is -0.292 e. The fraction of sp³-hybridized carbons (Fsp3) is 0.200. The van der Waals surface area contributed by atoms with Gasteiger partial charge in [-0.05, 0) is 48.0 Å². The third kappa shape index (κ3) is 3.63. The second-order valence-electron chi connectivity index (χ2n) is 4.98. The van der Waals surface area contributed by atoms with E-state index in [0.717, 1.165) is 11.3 Å². The Kier molecular flexibility index (Phi) is 4.79. The number of nitrogens with zero attached hydrogens (tertiary/aromatic N) is 4. The number of aryl methyl sites for hydroxylation is 2. The van der Waals surface area contributed by atoms with E-state index in [-0.39, 0.29) is 11.5 Å². The number of halogens is 1. The van der Waals surface area contributed by atoms with Crippen LogP contribution in [0.4, 0.5) is 0 Å².